The standard InChI is InChI=1S/C4H2I2N2O/c5-3-1(7)2(9)4(6)8-3/h(H2,7,9). The molecule has 0 unspecified atom stereocenters. The van der Waals surface area contributed by atoms with E-state index in [9.17, 15) is 4.79 Å². The molecular formula is C4H2I2N2O. The third kappa shape index (κ3) is 1.26. The van der Waals surface area contributed by atoms with E-state index in [0.29, 0.717) is 7.42 Å². The van der Waals surface area contributed by atoms with E-state index in [4.69, 9.17) is 5.73 Å². The molecule has 2 N–H and O–H groups in total. The van der Waals surface area contributed by atoms with Crippen LogP contribution < -0.4 is 5.73 Å². The van der Waals surface area contributed by atoms with E-state index in [1.807, 2.05) is 45.2 Å². The van der Waals surface area contributed by atoms with Crippen LogP contribution in [0.2, 0.25) is 0 Å². The van der Waals surface area contributed by atoms with Crippen molar-refractivity contribution in [2.45, 2.75) is 0 Å². The zero-order valence-corrected chi connectivity index (χ0v) is 8.50. The number of carbonyl (C=O) groups is 1. The molecule has 0 fully saturated rings. The van der Waals surface area contributed by atoms with Gasteiger partial charge in [-0.15, -0.1) is 0 Å². The molecule has 3 nitrogen and oxygen atoms in total. The van der Waals surface area contributed by atoms with Crippen LogP contribution >= 0.6 is 45.2 Å². The number of allylic oxidation sites excluding steroid dienone is 1. The van der Waals surface area contributed by atoms with Gasteiger partial charge in [-0.2, -0.15) is 0 Å². The molecule has 0 saturated carbocycles. The van der Waals surface area contributed by atoms with Gasteiger partial charge in [-0.3, -0.25) is 4.79 Å². The number of hydrogen-bond acceptors (Lipinski definition) is 3. The summed E-state index contributed by atoms with van der Waals surface area (Å²) in [6.07, 6.45) is 0. The summed E-state index contributed by atoms with van der Waals surface area (Å²) in [4.78, 5) is 14.6. The van der Waals surface area contributed by atoms with E-state index in [-0.39, 0.29) is 11.5 Å². The van der Waals surface area contributed by atoms with Gasteiger partial charge in [0.1, 0.15) is 9.40 Å². The zero-order chi connectivity index (χ0) is 7.02. The molecule has 0 saturated heterocycles. The molecule has 1 aliphatic heterocycles. The largest absolute Gasteiger partial charge is 0.393 e. The summed E-state index contributed by atoms with van der Waals surface area (Å²) in [5.41, 5.74) is 5.58. The van der Waals surface area contributed by atoms with Gasteiger partial charge in [-0.25, -0.2) is 4.99 Å². The second kappa shape index (κ2) is 2.52. The average molecular weight is 348 g/mol. The first-order valence-electron chi connectivity index (χ1n) is 2.07. The maximum absolute atomic E-state index is 10.8. The van der Waals surface area contributed by atoms with Crippen molar-refractivity contribution < 1.29 is 4.79 Å². The summed E-state index contributed by atoms with van der Waals surface area (Å²) in [6.45, 7) is 0. The highest BCUT2D eigenvalue weighted by Gasteiger charge is 2.20. The monoisotopic (exact) mass is 348 g/mol. The predicted octanol–water partition coefficient (Wildman–Crippen LogP) is 0.965. The molecule has 9 heavy (non-hydrogen) atoms. The van der Waals surface area contributed by atoms with Crippen molar-refractivity contribution in [1.82, 2.24) is 0 Å². The van der Waals surface area contributed by atoms with Gasteiger partial charge in [-0.1, -0.05) is 0 Å². The number of nitrogens with two attached hydrogens (primary N) is 1. The molecule has 0 radical (unpaired) electrons. The van der Waals surface area contributed by atoms with Crippen LogP contribution in [0.1, 0.15) is 0 Å². The Morgan fingerprint density at radius 3 is 2.11 bits per heavy atom. The minimum absolute atomic E-state index is 0.153. The molecule has 48 valence electrons. The van der Waals surface area contributed by atoms with Gasteiger partial charge in [0.2, 0.25) is 5.78 Å². The number of Topliss-reactive ketones (excluding diaryl/α,β-unsaturated/α-hetero) is 1. The lowest BCUT2D eigenvalue weighted by Gasteiger charge is -1.85. The van der Waals surface area contributed by atoms with Crippen molar-refractivity contribution in [3.05, 3.63) is 9.40 Å². The molecule has 1 aliphatic rings. The second-order valence-electron chi connectivity index (χ2n) is 1.44. The molecule has 0 amide bonds. The Labute approximate surface area is 79.1 Å². The van der Waals surface area contributed by atoms with E-state index >= 15 is 0 Å². The number of rotatable bonds is 0. The Balaban J connectivity index is 3.06. The van der Waals surface area contributed by atoms with E-state index in [0.717, 1.165) is 0 Å². The van der Waals surface area contributed by atoms with Crippen molar-refractivity contribution in [2.24, 2.45) is 10.7 Å². The molecule has 0 bridgehead atoms. The highest BCUT2D eigenvalue weighted by atomic mass is 127. The minimum atomic E-state index is -0.153. The quantitative estimate of drug-likeness (QED) is 0.524. The van der Waals surface area contributed by atoms with Crippen LogP contribution in [0.25, 0.3) is 0 Å². The highest BCUT2D eigenvalue weighted by molar-refractivity contribution is 14.1. The summed E-state index contributed by atoms with van der Waals surface area (Å²) < 4.78 is 1.05. The van der Waals surface area contributed by atoms with Crippen LogP contribution in [0.15, 0.2) is 14.4 Å². The number of nitrogens with zero attached hydrogens (tertiary/aromatic N) is 1. The number of ketones is 1. The van der Waals surface area contributed by atoms with Gasteiger partial charge in [0, 0.05) is 0 Å². The Kier molecular flexibility index (Phi) is 2.09. The summed E-state index contributed by atoms with van der Waals surface area (Å²) in [7, 11) is 0. The lowest BCUT2D eigenvalue weighted by Crippen LogP contribution is -2.12. The van der Waals surface area contributed by atoms with Crippen LogP contribution in [0.4, 0.5) is 0 Å². The van der Waals surface area contributed by atoms with Crippen LogP contribution in [0.5, 0.6) is 0 Å². The van der Waals surface area contributed by atoms with Crippen molar-refractivity contribution >= 4 is 54.7 Å². The molecule has 0 atom stereocenters. The van der Waals surface area contributed by atoms with E-state index in [2.05, 4.69) is 4.99 Å². The van der Waals surface area contributed by atoms with Gasteiger partial charge in [0.05, 0.1) is 0 Å². The molecule has 1 heterocycles. The number of hydrogen-bond donors (Lipinski definition) is 1. The summed E-state index contributed by atoms with van der Waals surface area (Å²) >= 11 is 3.79. The van der Waals surface area contributed by atoms with E-state index in [1.165, 1.54) is 0 Å². The first-order chi connectivity index (χ1) is 4.13. The molecular weight excluding hydrogens is 346 g/mol. The van der Waals surface area contributed by atoms with Crippen molar-refractivity contribution in [1.29, 1.82) is 0 Å². The Morgan fingerprint density at radius 2 is 2.00 bits per heavy atom. The smallest absolute Gasteiger partial charge is 0.235 e. The lowest BCUT2D eigenvalue weighted by atomic mass is 10.4. The highest BCUT2D eigenvalue weighted by Crippen LogP contribution is 2.20. The van der Waals surface area contributed by atoms with Crippen LogP contribution in [-0.4, -0.2) is 9.50 Å². The maximum Gasteiger partial charge on any atom is 0.235 e. The summed E-state index contributed by atoms with van der Waals surface area (Å²) in [5.74, 6) is -0.153. The number of aliphatic imine (C=N–C) groups is 1. The Hall–Kier alpha value is 0.340. The van der Waals surface area contributed by atoms with Crippen LogP contribution in [0.3, 0.4) is 0 Å². The number of halogens is 2. The molecule has 5 heteroatoms. The normalized spacial score (nSPS) is 18.9. The van der Waals surface area contributed by atoms with Gasteiger partial charge < -0.3 is 5.73 Å². The zero-order valence-electron chi connectivity index (χ0n) is 4.19. The van der Waals surface area contributed by atoms with E-state index < -0.39 is 0 Å². The molecule has 0 spiro atoms. The average Bonchev–Trinajstić information content (AvgIpc) is 1.98. The fraction of sp³-hybridized carbons (Fsp3) is 0. The molecule has 0 aromatic carbocycles. The lowest BCUT2D eigenvalue weighted by molar-refractivity contribution is -0.109. The first kappa shape index (κ1) is 7.45. The third-order valence-electron chi connectivity index (χ3n) is 0.851. The fourth-order valence-corrected chi connectivity index (χ4v) is 1.88. The first-order valence-corrected chi connectivity index (χ1v) is 4.23. The predicted molar refractivity (Wildman–Crippen MR) is 51.7 cm³/mol. The van der Waals surface area contributed by atoms with Gasteiger partial charge in [0.15, 0.2) is 3.72 Å². The maximum atomic E-state index is 10.8. The van der Waals surface area contributed by atoms with Crippen molar-refractivity contribution in [3.63, 3.8) is 0 Å². The van der Waals surface area contributed by atoms with Crippen LogP contribution in [0, 0.1) is 0 Å². The SMILES string of the molecule is NC1=C(I)N=C(I)C1=O. The van der Waals surface area contributed by atoms with Crippen molar-refractivity contribution in [2.75, 3.05) is 0 Å². The van der Waals surface area contributed by atoms with Crippen molar-refractivity contribution in [3.8, 4) is 0 Å². The van der Waals surface area contributed by atoms with Crippen LogP contribution in [-0.2, 0) is 4.79 Å². The molecule has 0 aromatic heterocycles. The topological polar surface area (TPSA) is 55.4 Å². The second-order valence-corrected chi connectivity index (χ2v) is 3.48. The molecule has 1 rings (SSSR count). The van der Waals surface area contributed by atoms with E-state index in [1.54, 1.807) is 0 Å². The minimum Gasteiger partial charge on any atom is -0.393 e. The Morgan fingerprint density at radius 1 is 1.44 bits per heavy atom. The van der Waals surface area contributed by atoms with Gasteiger partial charge >= 0.3 is 0 Å². The fourth-order valence-electron chi connectivity index (χ4n) is 0.402. The summed E-state index contributed by atoms with van der Waals surface area (Å²) in [5, 5.41) is 0. The third-order valence-corrected chi connectivity index (χ3v) is 2.40. The summed E-state index contributed by atoms with van der Waals surface area (Å²) in [6, 6.07) is 0. The Bertz CT molecular complexity index is 231. The van der Waals surface area contributed by atoms with Gasteiger partial charge in [-0.05, 0) is 45.2 Å². The van der Waals surface area contributed by atoms with Gasteiger partial charge in [0.25, 0.3) is 0 Å². The molecule has 0 aliphatic carbocycles. The molecule has 0 aromatic rings. The number of carbonyl (C=O) groups excluding carboxylic acids is 1.